The molecule has 0 radical (unpaired) electrons. The molecule has 2 aromatic carbocycles. The number of halogens is 1. The molecule has 1 atom stereocenters. The first-order valence-electron chi connectivity index (χ1n) is 8.43. The number of hydrogen-bond donors (Lipinski definition) is 0. The van der Waals surface area contributed by atoms with Crippen LogP contribution in [0.5, 0.6) is 0 Å². The first-order valence-corrected chi connectivity index (χ1v) is 13.3. The van der Waals surface area contributed by atoms with Crippen molar-refractivity contribution in [3.05, 3.63) is 72.1 Å². The van der Waals surface area contributed by atoms with E-state index in [1.807, 2.05) is 0 Å². The van der Waals surface area contributed by atoms with Crippen LogP contribution in [-0.4, -0.2) is 19.3 Å². The average Bonchev–Trinajstić information content (AvgIpc) is 3.22. The standard InChI is InChI=1S/C19H21ClNOPSi/c1-24(16-9-4-2-5-10-16,17-11-6-3-7-12-17)15-19-18-13-8-14-21(18)23(20)22-19/h2-7,9-12H,8,13-15H2,1H3. The average molecular weight is 374 g/mol. The number of fused-ring (bicyclic) bond motifs is 1. The van der Waals surface area contributed by atoms with Crippen LogP contribution in [0.25, 0.3) is 0 Å². The summed E-state index contributed by atoms with van der Waals surface area (Å²) in [5, 5.41) is 2.89. The van der Waals surface area contributed by atoms with Gasteiger partial charge in [-0.05, 0) is 24.1 Å². The van der Waals surface area contributed by atoms with Crippen molar-refractivity contribution in [1.82, 2.24) is 4.67 Å². The molecular formula is C19H21ClNOPSi. The molecule has 0 amide bonds. The van der Waals surface area contributed by atoms with E-state index in [1.54, 1.807) is 0 Å². The summed E-state index contributed by atoms with van der Waals surface area (Å²) in [5.74, 6) is 1.15. The Hall–Kier alpha value is -1.28. The van der Waals surface area contributed by atoms with E-state index < -0.39 is 15.7 Å². The third-order valence-electron chi connectivity index (χ3n) is 5.13. The van der Waals surface area contributed by atoms with Crippen molar-refractivity contribution < 1.29 is 4.52 Å². The van der Waals surface area contributed by atoms with Crippen LogP contribution < -0.4 is 10.4 Å². The van der Waals surface area contributed by atoms with E-state index in [4.69, 9.17) is 15.8 Å². The molecule has 2 nitrogen and oxygen atoms in total. The molecule has 24 heavy (non-hydrogen) atoms. The lowest BCUT2D eigenvalue weighted by Crippen LogP contribution is -2.55. The lowest BCUT2D eigenvalue weighted by atomic mass is 10.3. The summed E-state index contributed by atoms with van der Waals surface area (Å²) in [4.78, 5) is 0. The zero-order chi connectivity index (χ0) is 16.6. The molecule has 0 spiro atoms. The van der Waals surface area contributed by atoms with E-state index in [1.165, 1.54) is 22.5 Å². The number of nitrogens with zero attached hydrogens (tertiary/aromatic N) is 1. The van der Waals surface area contributed by atoms with Crippen LogP contribution in [-0.2, 0) is 4.52 Å². The third-order valence-corrected chi connectivity index (χ3v) is 11.3. The maximum atomic E-state index is 6.47. The van der Waals surface area contributed by atoms with Crippen LogP contribution in [0.15, 0.2) is 72.1 Å². The fourth-order valence-electron chi connectivity index (χ4n) is 3.75. The summed E-state index contributed by atoms with van der Waals surface area (Å²) in [6.45, 7) is 3.49. The van der Waals surface area contributed by atoms with E-state index in [-0.39, 0.29) is 0 Å². The molecule has 124 valence electrons. The molecule has 1 fully saturated rings. The van der Waals surface area contributed by atoms with Crippen LogP contribution in [0.1, 0.15) is 12.8 Å². The van der Waals surface area contributed by atoms with Gasteiger partial charge in [0.25, 0.3) is 7.65 Å². The molecule has 2 aliphatic rings. The van der Waals surface area contributed by atoms with Crippen molar-refractivity contribution in [2.45, 2.75) is 25.4 Å². The first kappa shape index (κ1) is 16.2. The molecule has 5 heteroatoms. The third kappa shape index (κ3) is 2.79. The van der Waals surface area contributed by atoms with Gasteiger partial charge in [0.2, 0.25) is 0 Å². The van der Waals surface area contributed by atoms with Crippen LogP contribution >= 0.6 is 18.9 Å². The topological polar surface area (TPSA) is 12.5 Å². The first-order chi connectivity index (χ1) is 11.7. The van der Waals surface area contributed by atoms with Gasteiger partial charge in [-0.1, -0.05) is 77.6 Å². The molecule has 0 aromatic heterocycles. The summed E-state index contributed by atoms with van der Waals surface area (Å²) in [6, 6.07) is 22.8. The Bertz CT molecular complexity index is 713. The van der Waals surface area contributed by atoms with Gasteiger partial charge in [0.1, 0.15) is 13.8 Å². The fourth-order valence-corrected chi connectivity index (χ4v) is 9.29. The molecule has 2 aromatic rings. The summed E-state index contributed by atoms with van der Waals surface area (Å²) in [5.41, 5.74) is 1.36. The quantitative estimate of drug-likeness (QED) is 0.569. The predicted octanol–water partition coefficient (Wildman–Crippen LogP) is 4.68. The second kappa shape index (κ2) is 6.55. The van der Waals surface area contributed by atoms with E-state index in [0.717, 1.165) is 24.8 Å². The maximum absolute atomic E-state index is 6.47. The van der Waals surface area contributed by atoms with Crippen LogP contribution in [0.3, 0.4) is 0 Å². The zero-order valence-corrected chi connectivity index (χ0v) is 16.4. The van der Waals surface area contributed by atoms with Gasteiger partial charge in [0.15, 0.2) is 0 Å². The Morgan fingerprint density at radius 1 is 1.04 bits per heavy atom. The Morgan fingerprint density at radius 3 is 2.21 bits per heavy atom. The van der Waals surface area contributed by atoms with Gasteiger partial charge in [0.05, 0.1) is 5.70 Å². The molecule has 2 aliphatic heterocycles. The van der Waals surface area contributed by atoms with Gasteiger partial charge < -0.3 is 9.19 Å². The molecule has 1 unspecified atom stereocenters. The van der Waals surface area contributed by atoms with E-state index in [9.17, 15) is 0 Å². The van der Waals surface area contributed by atoms with E-state index in [2.05, 4.69) is 71.9 Å². The van der Waals surface area contributed by atoms with Gasteiger partial charge >= 0.3 is 0 Å². The summed E-state index contributed by atoms with van der Waals surface area (Å²) >= 11 is 6.47. The van der Waals surface area contributed by atoms with Gasteiger partial charge in [0, 0.05) is 12.6 Å². The summed E-state index contributed by atoms with van der Waals surface area (Å²) in [6.07, 6.45) is 2.30. The Morgan fingerprint density at radius 2 is 1.62 bits per heavy atom. The molecule has 1 saturated heterocycles. The van der Waals surface area contributed by atoms with Crippen LogP contribution in [0, 0.1) is 0 Å². The summed E-state index contributed by atoms with van der Waals surface area (Å²) in [7, 11) is -2.90. The number of hydrogen-bond acceptors (Lipinski definition) is 2. The van der Waals surface area contributed by atoms with Crippen molar-refractivity contribution in [2.24, 2.45) is 0 Å². The minimum absolute atomic E-state index is 0.982. The van der Waals surface area contributed by atoms with Gasteiger partial charge in [-0.3, -0.25) is 0 Å². The largest absolute Gasteiger partial charge is 0.444 e. The zero-order valence-electron chi connectivity index (χ0n) is 13.8. The molecule has 0 aliphatic carbocycles. The highest BCUT2D eigenvalue weighted by molar-refractivity contribution is 7.78. The van der Waals surface area contributed by atoms with Crippen molar-refractivity contribution in [1.29, 1.82) is 0 Å². The molecule has 0 bridgehead atoms. The minimum Gasteiger partial charge on any atom is -0.444 e. The van der Waals surface area contributed by atoms with E-state index >= 15 is 0 Å². The second-order valence-corrected chi connectivity index (χ2v) is 12.8. The second-order valence-electron chi connectivity index (χ2n) is 6.66. The molecule has 0 N–H and O–H groups in total. The molecular weight excluding hydrogens is 353 g/mol. The minimum atomic E-state index is -1.91. The monoisotopic (exact) mass is 373 g/mol. The van der Waals surface area contributed by atoms with Gasteiger partial charge in [-0.15, -0.1) is 0 Å². The van der Waals surface area contributed by atoms with Gasteiger partial charge in [-0.2, -0.15) is 0 Å². The number of rotatable bonds is 4. The fraction of sp³-hybridized carbons (Fsp3) is 0.263. The smallest absolute Gasteiger partial charge is 0.296 e. The van der Waals surface area contributed by atoms with E-state index in [0.29, 0.717) is 0 Å². The van der Waals surface area contributed by atoms with Crippen molar-refractivity contribution in [3.63, 3.8) is 0 Å². The van der Waals surface area contributed by atoms with Crippen LogP contribution in [0.4, 0.5) is 0 Å². The molecule has 4 rings (SSSR count). The summed E-state index contributed by atoms with van der Waals surface area (Å²) < 4.78 is 8.43. The predicted molar refractivity (Wildman–Crippen MR) is 105 cm³/mol. The lowest BCUT2D eigenvalue weighted by Gasteiger charge is -2.29. The Balaban J connectivity index is 1.76. The normalized spacial score (nSPS) is 20.2. The van der Waals surface area contributed by atoms with Crippen molar-refractivity contribution in [2.75, 3.05) is 6.54 Å². The number of allylic oxidation sites excluding steroid dienone is 2. The molecule has 2 heterocycles. The van der Waals surface area contributed by atoms with Gasteiger partial charge in [-0.25, -0.2) is 0 Å². The lowest BCUT2D eigenvalue weighted by molar-refractivity contribution is 0.482. The SMILES string of the molecule is C[Si](CC1=C2CCCN2P(Cl)O1)(c1ccccc1)c1ccccc1. The van der Waals surface area contributed by atoms with Crippen molar-refractivity contribution >= 4 is 37.3 Å². The highest BCUT2D eigenvalue weighted by Gasteiger charge is 2.41. The van der Waals surface area contributed by atoms with Crippen molar-refractivity contribution in [3.8, 4) is 0 Å². The molecule has 0 saturated carbocycles. The van der Waals surface area contributed by atoms with Crippen LogP contribution in [0.2, 0.25) is 12.6 Å². The number of benzene rings is 2. The Labute approximate surface area is 150 Å². The Kier molecular flexibility index (Phi) is 4.42. The highest BCUT2D eigenvalue weighted by atomic mass is 35.7. The maximum Gasteiger partial charge on any atom is 0.296 e. The highest BCUT2D eigenvalue weighted by Crippen LogP contribution is 2.60.